The molecule has 0 amide bonds. The van der Waals surface area contributed by atoms with Crippen LogP contribution in [0, 0.1) is 0 Å². The molecule has 0 aromatic heterocycles. The number of phenolic OH excluding ortho intramolecular Hbond substituents is 1. The van der Waals surface area contributed by atoms with Gasteiger partial charge >= 0.3 is 0 Å². The molecule has 0 fully saturated rings. The van der Waals surface area contributed by atoms with Gasteiger partial charge in [-0.3, -0.25) is 0 Å². The van der Waals surface area contributed by atoms with Crippen LogP contribution in [0.4, 0.5) is 0 Å². The molecule has 0 radical (unpaired) electrons. The molecule has 2 atom stereocenters. The zero-order valence-corrected chi connectivity index (χ0v) is 16.3. The number of ether oxygens (including phenoxy) is 1. The highest BCUT2D eigenvalue weighted by molar-refractivity contribution is 5.43. The molecular formula is C22H36O4. The fourth-order valence-electron chi connectivity index (χ4n) is 3.89. The summed E-state index contributed by atoms with van der Waals surface area (Å²) in [6, 6.07) is 4.97. The number of rotatable bonds is 12. The molecule has 0 saturated heterocycles. The average molecular weight is 365 g/mol. The van der Waals surface area contributed by atoms with E-state index in [0.717, 1.165) is 25.7 Å². The third-order valence-corrected chi connectivity index (χ3v) is 5.45. The molecule has 2 unspecified atom stereocenters. The summed E-state index contributed by atoms with van der Waals surface area (Å²) in [6.45, 7) is 2.41. The predicted molar refractivity (Wildman–Crippen MR) is 105 cm³/mol. The van der Waals surface area contributed by atoms with Crippen LogP contribution in [0.25, 0.3) is 0 Å². The minimum atomic E-state index is -0.568. The summed E-state index contributed by atoms with van der Waals surface area (Å²) in [5.74, 6) is 0.869. The number of hydrogen-bond donors (Lipinski definition) is 3. The molecule has 0 spiro atoms. The van der Waals surface area contributed by atoms with Crippen LogP contribution in [-0.4, -0.2) is 27.5 Å². The van der Waals surface area contributed by atoms with Gasteiger partial charge in [-0.2, -0.15) is 0 Å². The fraction of sp³-hybridized carbons (Fsp3) is 0.727. The van der Waals surface area contributed by atoms with Gasteiger partial charge < -0.3 is 20.1 Å². The van der Waals surface area contributed by atoms with Gasteiger partial charge in [0.2, 0.25) is 0 Å². The Hall–Kier alpha value is -1.26. The van der Waals surface area contributed by atoms with Gasteiger partial charge in [-0.1, -0.05) is 51.4 Å². The largest absolute Gasteiger partial charge is 0.508 e. The van der Waals surface area contributed by atoms with Crippen molar-refractivity contribution in [3.05, 3.63) is 23.8 Å². The van der Waals surface area contributed by atoms with Crippen LogP contribution in [0.5, 0.6) is 11.5 Å². The summed E-state index contributed by atoms with van der Waals surface area (Å²) in [6.07, 6.45) is 13.1. The number of aliphatic hydroxyl groups is 2. The second kappa shape index (κ2) is 10.8. The third kappa shape index (κ3) is 6.81. The molecule has 1 aromatic carbocycles. The van der Waals surface area contributed by atoms with Crippen LogP contribution in [0.15, 0.2) is 18.2 Å². The van der Waals surface area contributed by atoms with Gasteiger partial charge in [0.1, 0.15) is 17.1 Å². The Bertz CT molecular complexity index is 531. The summed E-state index contributed by atoms with van der Waals surface area (Å²) in [5.41, 5.74) is 0.372. The molecule has 4 heteroatoms. The van der Waals surface area contributed by atoms with Crippen molar-refractivity contribution in [3.8, 4) is 11.5 Å². The summed E-state index contributed by atoms with van der Waals surface area (Å²) in [4.78, 5) is 0. The van der Waals surface area contributed by atoms with Crippen LogP contribution in [0.2, 0.25) is 0 Å². The van der Waals surface area contributed by atoms with Crippen molar-refractivity contribution in [1.82, 2.24) is 0 Å². The highest BCUT2D eigenvalue weighted by atomic mass is 16.5. The zero-order chi connectivity index (χ0) is 18.8. The van der Waals surface area contributed by atoms with E-state index in [-0.39, 0.29) is 11.4 Å². The van der Waals surface area contributed by atoms with Gasteiger partial charge in [0.25, 0.3) is 0 Å². The van der Waals surface area contributed by atoms with Gasteiger partial charge in [0.15, 0.2) is 0 Å². The van der Waals surface area contributed by atoms with Gasteiger partial charge in [0.05, 0.1) is 6.10 Å². The monoisotopic (exact) mass is 364 g/mol. The first-order valence-corrected chi connectivity index (χ1v) is 10.3. The first kappa shape index (κ1) is 21.0. The van der Waals surface area contributed by atoms with Crippen molar-refractivity contribution in [3.63, 3.8) is 0 Å². The first-order valence-electron chi connectivity index (χ1n) is 10.3. The lowest BCUT2D eigenvalue weighted by atomic mass is 9.86. The van der Waals surface area contributed by atoms with Crippen molar-refractivity contribution < 1.29 is 20.1 Å². The van der Waals surface area contributed by atoms with E-state index in [9.17, 15) is 10.2 Å². The Balaban J connectivity index is 1.59. The van der Waals surface area contributed by atoms with E-state index in [1.807, 2.05) is 0 Å². The molecule has 1 aliphatic rings. The minimum Gasteiger partial charge on any atom is -0.508 e. The van der Waals surface area contributed by atoms with Crippen molar-refractivity contribution in [2.45, 2.75) is 95.7 Å². The Morgan fingerprint density at radius 2 is 1.54 bits per heavy atom. The molecule has 26 heavy (non-hydrogen) atoms. The number of aliphatic hydroxyl groups excluding tert-OH is 2. The summed E-state index contributed by atoms with van der Waals surface area (Å²) in [7, 11) is 0. The molecule has 1 heterocycles. The second-order valence-electron chi connectivity index (χ2n) is 8.00. The molecule has 2 rings (SSSR count). The molecule has 0 bridgehead atoms. The van der Waals surface area contributed by atoms with Crippen molar-refractivity contribution in [2.24, 2.45) is 0 Å². The average Bonchev–Trinajstić information content (AvgIpc) is 2.60. The number of unbranched alkanes of at least 4 members (excludes halogenated alkanes) is 9. The minimum absolute atomic E-state index is 0.170. The summed E-state index contributed by atoms with van der Waals surface area (Å²) < 4.78 is 6.15. The van der Waals surface area contributed by atoms with E-state index in [1.165, 1.54) is 44.9 Å². The molecule has 1 aromatic rings. The normalized spacial score (nSPS) is 22.0. The fourth-order valence-corrected chi connectivity index (χ4v) is 3.89. The third-order valence-electron chi connectivity index (χ3n) is 5.45. The highest BCUT2D eigenvalue weighted by Crippen LogP contribution is 2.42. The SMILES string of the molecule is CC1(CCCCCCCCCCCCO)CC(O)c2cc(O)ccc2O1. The molecular weight excluding hydrogens is 328 g/mol. The smallest absolute Gasteiger partial charge is 0.126 e. The summed E-state index contributed by atoms with van der Waals surface area (Å²) in [5, 5.41) is 28.7. The van der Waals surface area contributed by atoms with Crippen molar-refractivity contribution in [1.29, 1.82) is 0 Å². The maximum atomic E-state index is 10.4. The lowest BCUT2D eigenvalue weighted by Crippen LogP contribution is -2.38. The predicted octanol–water partition coefficient (Wildman–Crippen LogP) is 5.25. The lowest BCUT2D eigenvalue weighted by Gasteiger charge is -2.38. The molecule has 4 nitrogen and oxygen atoms in total. The number of phenols is 1. The van der Waals surface area contributed by atoms with Crippen molar-refractivity contribution in [2.75, 3.05) is 6.61 Å². The highest BCUT2D eigenvalue weighted by Gasteiger charge is 2.36. The van der Waals surface area contributed by atoms with Crippen LogP contribution in [0.1, 0.15) is 95.6 Å². The second-order valence-corrected chi connectivity index (χ2v) is 8.00. The Labute approximate surface area is 158 Å². The van der Waals surface area contributed by atoms with Gasteiger partial charge in [0, 0.05) is 18.6 Å². The number of fused-ring (bicyclic) bond motifs is 1. The topological polar surface area (TPSA) is 69.9 Å². The standard InChI is InChI=1S/C22H36O4/c1-22(14-10-8-6-4-2-3-5-7-9-11-15-23)17-20(25)19-16-18(24)12-13-21(19)26-22/h12-13,16,20,23-25H,2-11,14-15,17H2,1H3. The maximum absolute atomic E-state index is 10.4. The molecule has 0 saturated carbocycles. The maximum Gasteiger partial charge on any atom is 0.126 e. The van der Waals surface area contributed by atoms with Crippen molar-refractivity contribution >= 4 is 0 Å². The quantitative estimate of drug-likeness (QED) is 0.443. The van der Waals surface area contributed by atoms with E-state index in [4.69, 9.17) is 9.84 Å². The molecule has 0 aliphatic carbocycles. The van der Waals surface area contributed by atoms with Crippen LogP contribution >= 0.6 is 0 Å². The molecule has 148 valence electrons. The van der Waals surface area contributed by atoms with E-state index in [0.29, 0.717) is 24.3 Å². The molecule has 3 N–H and O–H groups in total. The number of hydrogen-bond acceptors (Lipinski definition) is 4. The summed E-state index contributed by atoms with van der Waals surface area (Å²) >= 11 is 0. The number of benzene rings is 1. The van der Waals surface area contributed by atoms with E-state index in [1.54, 1.807) is 18.2 Å². The van der Waals surface area contributed by atoms with E-state index < -0.39 is 6.10 Å². The number of aromatic hydroxyl groups is 1. The van der Waals surface area contributed by atoms with Crippen LogP contribution < -0.4 is 4.74 Å². The van der Waals surface area contributed by atoms with Gasteiger partial charge in [-0.05, 0) is 44.4 Å². The van der Waals surface area contributed by atoms with Crippen LogP contribution in [0.3, 0.4) is 0 Å². The zero-order valence-electron chi connectivity index (χ0n) is 16.3. The van der Waals surface area contributed by atoms with E-state index >= 15 is 0 Å². The Morgan fingerprint density at radius 3 is 2.15 bits per heavy atom. The van der Waals surface area contributed by atoms with Gasteiger partial charge in [-0.25, -0.2) is 0 Å². The van der Waals surface area contributed by atoms with Gasteiger partial charge in [-0.15, -0.1) is 0 Å². The first-order chi connectivity index (χ1) is 12.5. The lowest BCUT2D eigenvalue weighted by molar-refractivity contribution is -0.00866. The molecule has 1 aliphatic heterocycles. The van der Waals surface area contributed by atoms with E-state index in [2.05, 4.69) is 6.92 Å². The Morgan fingerprint density at radius 1 is 0.962 bits per heavy atom. The Kier molecular flexibility index (Phi) is 8.73. The van der Waals surface area contributed by atoms with Crippen LogP contribution in [-0.2, 0) is 0 Å².